The predicted molar refractivity (Wildman–Crippen MR) is 87.4 cm³/mol. The summed E-state index contributed by atoms with van der Waals surface area (Å²) in [7, 11) is -3.26. The van der Waals surface area contributed by atoms with Crippen molar-refractivity contribution in [3.05, 3.63) is 35.9 Å². The largest absolute Gasteiger partial charge is 0.395 e. The minimum absolute atomic E-state index is 0.0618. The van der Waals surface area contributed by atoms with Gasteiger partial charge < -0.3 is 9.84 Å². The second-order valence-corrected chi connectivity index (χ2v) is 8.09. The number of sulfonamides is 1. The van der Waals surface area contributed by atoms with Gasteiger partial charge in [-0.25, -0.2) is 13.1 Å². The second kappa shape index (κ2) is 7.27. The van der Waals surface area contributed by atoms with E-state index in [0.29, 0.717) is 13.2 Å². The molecule has 23 heavy (non-hydrogen) atoms. The van der Waals surface area contributed by atoms with Crippen LogP contribution in [0.3, 0.4) is 0 Å². The van der Waals surface area contributed by atoms with E-state index in [9.17, 15) is 13.5 Å². The highest BCUT2D eigenvalue weighted by Crippen LogP contribution is 2.25. The molecule has 2 saturated heterocycles. The molecule has 3 atom stereocenters. The molecule has 2 aliphatic heterocycles. The molecule has 2 heterocycles. The fourth-order valence-electron chi connectivity index (χ4n) is 3.54. The average Bonchev–Trinajstić information content (AvgIpc) is 3.11. The summed E-state index contributed by atoms with van der Waals surface area (Å²) < 4.78 is 32.4. The Morgan fingerprint density at radius 1 is 1.30 bits per heavy atom. The van der Waals surface area contributed by atoms with Gasteiger partial charge in [-0.2, -0.15) is 0 Å². The molecule has 0 unspecified atom stereocenters. The van der Waals surface area contributed by atoms with Crippen LogP contribution in [0.15, 0.2) is 30.3 Å². The van der Waals surface area contributed by atoms with E-state index in [0.717, 1.165) is 24.9 Å². The predicted octanol–water partition coefficient (Wildman–Crippen LogP) is 0.330. The number of aliphatic hydroxyl groups excluding tert-OH is 1. The Hall–Kier alpha value is -0.990. The molecule has 0 saturated carbocycles. The number of benzene rings is 1. The molecule has 0 amide bonds. The number of nitrogens with one attached hydrogen (secondary N) is 1. The van der Waals surface area contributed by atoms with Gasteiger partial charge in [0, 0.05) is 12.1 Å². The summed E-state index contributed by atoms with van der Waals surface area (Å²) in [5, 5.41) is 9.50. The third-order valence-corrected chi connectivity index (χ3v) is 6.10. The molecule has 0 spiro atoms. The van der Waals surface area contributed by atoms with E-state index in [2.05, 4.69) is 9.62 Å². The Kier molecular flexibility index (Phi) is 5.33. The molecule has 2 aliphatic rings. The van der Waals surface area contributed by atoms with E-state index in [4.69, 9.17) is 4.74 Å². The molecule has 1 aromatic carbocycles. The molecule has 0 aromatic heterocycles. The molecule has 1 aromatic rings. The lowest BCUT2D eigenvalue weighted by Crippen LogP contribution is -2.50. The lowest BCUT2D eigenvalue weighted by molar-refractivity contribution is 0.0617. The van der Waals surface area contributed by atoms with Crippen molar-refractivity contribution in [1.82, 2.24) is 9.62 Å². The van der Waals surface area contributed by atoms with Gasteiger partial charge in [0.25, 0.3) is 0 Å². The molecule has 0 radical (unpaired) electrons. The van der Waals surface area contributed by atoms with Gasteiger partial charge in [0.15, 0.2) is 0 Å². The lowest BCUT2D eigenvalue weighted by Gasteiger charge is -2.32. The SMILES string of the molecule is O=S1(=O)C[C@H](N2CCC[C@@H]2CO)[C@@H](COCc2ccccc2)N1. The number of ether oxygens (including phenoxy) is 1. The van der Waals surface area contributed by atoms with Crippen molar-refractivity contribution in [2.24, 2.45) is 0 Å². The maximum atomic E-state index is 12.0. The van der Waals surface area contributed by atoms with Crippen molar-refractivity contribution < 1.29 is 18.3 Å². The summed E-state index contributed by atoms with van der Waals surface area (Å²) in [6.07, 6.45) is 1.92. The van der Waals surface area contributed by atoms with Crippen LogP contribution in [-0.4, -0.2) is 62.1 Å². The normalized spacial score (nSPS) is 30.7. The highest BCUT2D eigenvalue weighted by molar-refractivity contribution is 7.89. The van der Waals surface area contributed by atoms with Gasteiger partial charge in [-0.05, 0) is 24.9 Å². The molecule has 0 bridgehead atoms. The number of hydrogen-bond acceptors (Lipinski definition) is 5. The molecule has 128 valence electrons. The molecule has 7 heteroatoms. The van der Waals surface area contributed by atoms with E-state index in [1.54, 1.807) is 0 Å². The minimum Gasteiger partial charge on any atom is -0.395 e. The van der Waals surface area contributed by atoms with Crippen LogP contribution in [0.4, 0.5) is 0 Å². The molecule has 3 rings (SSSR count). The first kappa shape index (κ1) is 16.9. The van der Waals surface area contributed by atoms with E-state index in [1.165, 1.54) is 0 Å². The van der Waals surface area contributed by atoms with Gasteiger partial charge in [0.2, 0.25) is 10.0 Å². The summed E-state index contributed by atoms with van der Waals surface area (Å²) >= 11 is 0. The van der Waals surface area contributed by atoms with Crippen LogP contribution in [0.5, 0.6) is 0 Å². The molecule has 0 aliphatic carbocycles. The van der Waals surface area contributed by atoms with Crippen LogP contribution < -0.4 is 4.72 Å². The highest BCUT2D eigenvalue weighted by Gasteiger charge is 2.43. The van der Waals surface area contributed by atoms with Gasteiger partial charge in [-0.1, -0.05) is 30.3 Å². The first-order valence-electron chi connectivity index (χ1n) is 8.07. The average molecular weight is 340 g/mol. The smallest absolute Gasteiger partial charge is 0.213 e. The fraction of sp³-hybridized carbons (Fsp3) is 0.625. The number of aliphatic hydroxyl groups is 1. The number of nitrogens with zero attached hydrogens (tertiary/aromatic N) is 1. The van der Waals surface area contributed by atoms with E-state index >= 15 is 0 Å². The zero-order valence-corrected chi connectivity index (χ0v) is 13.9. The van der Waals surface area contributed by atoms with E-state index < -0.39 is 10.0 Å². The Balaban J connectivity index is 1.61. The van der Waals surface area contributed by atoms with Crippen LogP contribution in [0, 0.1) is 0 Å². The molecule has 2 fully saturated rings. The number of rotatable bonds is 6. The summed E-state index contributed by atoms with van der Waals surface area (Å²) in [5.74, 6) is 0.0862. The summed E-state index contributed by atoms with van der Waals surface area (Å²) in [6.45, 7) is 1.72. The Morgan fingerprint density at radius 2 is 2.09 bits per heavy atom. The van der Waals surface area contributed by atoms with Crippen LogP contribution in [0.2, 0.25) is 0 Å². The van der Waals surface area contributed by atoms with Crippen molar-refractivity contribution in [2.75, 3.05) is 25.5 Å². The van der Waals surface area contributed by atoms with Gasteiger partial charge in [-0.3, -0.25) is 4.90 Å². The van der Waals surface area contributed by atoms with E-state index in [-0.39, 0.29) is 30.5 Å². The summed E-state index contributed by atoms with van der Waals surface area (Å²) in [4.78, 5) is 2.13. The van der Waals surface area contributed by atoms with Crippen molar-refractivity contribution in [3.8, 4) is 0 Å². The molecular formula is C16H24N2O4S. The monoisotopic (exact) mass is 340 g/mol. The van der Waals surface area contributed by atoms with Crippen LogP contribution >= 0.6 is 0 Å². The quantitative estimate of drug-likeness (QED) is 0.780. The van der Waals surface area contributed by atoms with Crippen LogP contribution in [0.1, 0.15) is 18.4 Å². The van der Waals surface area contributed by atoms with Crippen LogP contribution in [0.25, 0.3) is 0 Å². The van der Waals surface area contributed by atoms with Crippen molar-refractivity contribution >= 4 is 10.0 Å². The number of likely N-dealkylation sites (tertiary alicyclic amines) is 1. The minimum atomic E-state index is -3.26. The third-order valence-electron chi connectivity index (χ3n) is 4.65. The lowest BCUT2D eigenvalue weighted by atomic mass is 10.1. The van der Waals surface area contributed by atoms with Crippen molar-refractivity contribution in [2.45, 2.75) is 37.6 Å². The Morgan fingerprint density at radius 3 is 2.83 bits per heavy atom. The Labute approximate surface area is 137 Å². The zero-order chi connectivity index (χ0) is 16.3. The zero-order valence-electron chi connectivity index (χ0n) is 13.1. The molecular weight excluding hydrogens is 316 g/mol. The van der Waals surface area contributed by atoms with Crippen molar-refractivity contribution in [3.63, 3.8) is 0 Å². The fourth-order valence-corrected chi connectivity index (χ4v) is 5.19. The van der Waals surface area contributed by atoms with Gasteiger partial charge >= 0.3 is 0 Å². The Bertz CT molecular complexity index is 608. The molecule has 2 N–H and O–H groups in total. The van der Waals surface area contributed by atoms with Gasteiger partial charge in [0.1, 0.15) is 0 Å². The maximum absolute atomic E-state index is 12.0. The van der Waals surface area contributed by atoms with Gasteiger partial charge in [-0.15, -0.1) is 0 Å². The summed E-state index contributed by atoms with van der Waals surface area (Å²) in [6, 6.07) is 9.51. The first-order valence-corrected chi connectivity index (χ1v) is 9.72. The molecule has 6 nitrogen and oxygen atoms in total. The third kappa shape index (κ3) is 4.10. The highest BCUT2D eigenvalue weighted by atomic mass is 32.2. The topological polar surface area (TPSA) is 78.9 Å². The maximum Gasteiger partial charge on any atom is 0.213 e. The number of hydrogen-bond donors (Lipinski definition) is 2. The first-order chi connectivity index (χ1) is 11.1. The second-order valence-electron chi connectivity index (χ2n) is 6.29. The van der Waals surface area contributed by atoms with Gasteiger partial charge in [0.05, 0.1) is 31.6 Å². The standard InChI is InChI=1S/C16H24N2O4S/c19-9-14-7-4-8-18(14)16-12-23(20,21)17-15(16)11-22-10-13-5-2-1-3-6-13/h1-3,5-6,14-17,19H,4,7-12H2/t14-,15-,16+/m1/s1. The van der Waals surface area contributed by atoms with Crippen LogP contribution in [-0.2, 0) is 21.4 Å². The van der Waals surface area contributed by atoms with Crippen molar-refractivity contribution in [1.29, 1.82) is 0 Å². The van der Waals surface area contributed by atoms with E-state index in [1.807, 2.05) is 30.3 Å². The summed E-state index contributed by atoms with van der Waals surface area (Å²) in [5.41, 5.74) is 1.07.